The number of thiazole rings is 1. The average molecular weight is 372 g/mol. The maximum atomic E-state index is 11.1. The molecule has 0 radical (unpaired) electrons. The molecular weight excluding hydrogens is 346 g/mol. The van der Waals surface area contributed by atoms with Gasteiger partial charge in [-0.25, -0.2) is 4.98 Å². The predicted molar refractivity (Wildman–Crippen MR) is 106 cm³/mol. The van der Waals surface area contributed by atoms with Gasteiger partial charge in [-0.15, -0.1) is 11.3 Å². The van der Waals surface area contributed by atoms with Crippen LogP contribution in [-0.4, -0.2) is 35.5 Å². The number of amides is 1. The van der Waals surface area contributed by atoms with Crippen molar-refractivity contribution < 1.29 is 9.53 Å². The number of carbonyl (C=O) groups excluding carboxylic acids is 1. The first-order valence-electron chi connectivity index (χ1n) is 8.83. The van der Waals surface area contributed by atoms with Crippen molar-refractivity contribution in [1.29, 1.82) is 0 Å². The topological polar surface area (TPSA) is 54.5 Å². The van der Waals surface area contributed by atoms with Gasteiger partial charge in [0.05, 0.1) is 7.11 Å². The van der Waals surface area contributed by atoms with Crippen molar-refractivity contribution in [2.24, 2.45) is 0 Å². The third-order valence-electron chi connectivity index (χ3n) is 4.58. The molecular formula is C20H25N3O2S. The minimum absolute atomic E-state index is 0.0782. The van der Waals surface area contributed by atoms with Gasteiger partial charge in [-0.1, -0.05) is 23.8 Å². The second-order valence-corrected chi connectivity index (χ2v) is 7.78. The van der Waals surface area contributed by atoms with Crippen LogP contribution in [0, 0.1) is 0 Å². The number of hydrogen-bond donors (Lipinski definition) is 1. The highest BCUT2D eigenvalue weighted by Crippen LogP contribution is 2.28. The fraction of sp³-hybridized carbons (Fsp3) is 0.400. The summed E-state index contributed by atoms with van der Waals surface area (Å²) in [5, 5.41) is 3.43. The van der Waals surface area contributed by atoms with E-state index in [0.29, 0.717) is 11.2 Å². The number of piperidine rings is 1. The van der Waals surface area contributed by atoms with Crippen LogP contribution in [0.4, 0.5) is 5.13 Å². The summed E-state index contributed by atoms with van der Waals surface area (Å²) >= 11 is 1.55. The molecule has 3 rings (SSSR count). The normalized spacial score (nSPS) is 19.5. The van der Waals surface area contributed by atoms with Gasteiger partial charge in [0.1, 0.15) is 5.75 Å². The average Bonchev–Trinajstić information content (AvgIpc) is 3.04. The number of rotatable bonds is 5. The van der Waals surface area contributed by atoms with Crippen LogP contribution in [0.5, 0.6) is 5.75 Å². The van der Waals surface area contributed by atoms with E-state index in [0.717, 1.165) is 31.7 Å². The van der Waals surface area contributed by atoms with Crippen molar-refractivity contribution in [3.63, 3.8) is 0 Å². The zero-order valence-corrected chi connectivity index (χ0v) is 16.3. The van der Waals surface area contributed by atoms with E-state index in [-0.39, 0.29) is 5.91 Å². The van der Waals surface area contributed by atoms with Crippen LogP contribution in [0.3, 0.4) is 0 Å². The van der Waals surface area contributed by atoms with E-state index in [2.05, 4.69) is 40.3 Å². The monoisotopic (exact) mass is 371 g/mol. The van der Waals surface area contributed by atoms with Crippen LogP contribution in [0.25, 0.3) is 6.08 Å². The predicted octanol–water partition coefficient (Wildman–Crippen LogP) is 4.18. The summed E-state index contributed by atoms with van der Waals surface area (Å²) in [7, 11) is 1.69. The minimum Gasteiger partial charge on any atom is -0.497 e. The number of nitrogens with zero attached hydrogens (tertiary/aromatic N) is 2. The number of carbonyl (C=O) groups is 1. The molecule has 1 atom stereocenters. The van der Waals surface area contributed by atoms with Gasteiger partial charge in [0.2, 0.25) is 5.91 Å². The summed E-state index contributed by atoms with van der Waals surface area (Å²) in [5.41, 5.74) is 2.71. The zero-order valence-electron chi connectivity index (χ0n) is 15.5. The molecule has 26 heavy (non-hydrogen) atoms. The molecule has 1 amide bonds. The fourth-order valence-corrected chi connectivity index (χ4v) is 4.09. The molecule has 138 valence electrons. The van der Waals surface area contributed by atoms with Crippen LogP contribution in [0.15, 0.2) is 36.0 Å². The molecule has 6 heteroatoms. The lowest BCUT2D eigenvalue weighted by molar-refractivity contribution is -0.114. The third kappa shape index (κ3) is 4.93. The molecule has 0 unspecified atom stereocenters. The number of methoxy groups -OCH3 is 1. The van der Waals surface area contributed by atoms with Gasteiger partial charge >= 0.3 is 0 Å². The highest BCUT2D eigenvalue weighted by molar-refractivity contribution is 7.15. The number of hydrogen-bond acceptors (Lipinski definition) is 5. The lowest BCUT2D eigenvalue weighted by Gasteiger charge is -2.34. The van der Waals surface area contributed by atoms with Crippen molar-refractivity contribution >= 4 is 28.5 Å². The Bertz CT molecular complexity index is 783. The lowest BCUT2D eigenvalue weighted by atomic mass is 9.95. The van der Waals surface area contributed by atoms with E-state index >= 15 is 0 Å². The van der Waals surface area contributed by atoms with Gasteiger partial charge in [-0.3, -0.25) is 9.69 Å². The Morgan fingerprint density at radius 3 is 2.85 bits per heavy atom. The summed E-state index contributed by atoms with van der Waals surface area (Å²) in [6.45, 7) is 5.70. The fourth-order valence-electron chi connectivity index (χ4n) is 3.21. The van der Waals surface area contributed by atoms with E-state index in [9.17, 15) is 4.79 Å². The molecule has 1 aliphatic rings. The van der Waals surface area contributed by atoms with Crippen LogP contribution >= 0.6 is 11.3 Å². The summed E-state index contributed by atoms with van der Waals surface area (Å²) in [4.78, 5) is 19.1. The van der Waals surface area contributed by atoms with Gasteiger partial charge in [-0.05, 0) is 37.5 Å². The summed E-state index contributed by atoms with van der Waals surface area (Å²) in [6, 6.07) is 8.69. The highest BCUT2D eigenvalue weighted by atomic mass is 32.1. The van der Waals surface area contributed by atoms with Crippen LogP contribution in [0.1, 0.15) is 37.1 Å². The summed E-state index contributed by atoms with van der Waals surface area (Å²) < 4.78 is 5.22. The Balaban J connectivity index is 1.58. The summed E-state index contributed by atoms with van der Waals surface area (Å²) in [6.07, 6.45) is 6.32. The largest absolute Gasteiger partial charge is 0.497 e. The van der Waals surface area contributed by atoms with Crippen molar-refractivity contribution in [2.45, 2.75) is 39.3 Å². The van der Waals surface area contributed by atoms with Crippen molar-refractivity contribution in [2.75, 3.05) is 19.0 Å². The van der Waals surface area contributed by atoms with Crippen LogP contribution in [0.2, 0.25) is 0 Å². The van der Waals surface area contributed by atoms with Gasteiger partial charge < -0.3 is 10.1 Å². The smallest absolute Gasteiger partial charge is 0.223 e. The molecule has 1 saturated heterocycles. The maximum Gasteiger partial charge on any atom is 0.223 e. The van der Waals surface area contributed by atoms with E-state index in [1.54, 1.807) is 18.4 Å². The number of benzene rings is 1. The molecule has 0 bridgehead atoms. The van der Waals surface area contributed by atoms with Crippen molar-refractivity contribution in [3.05, 3.63) is 46.5 Å². The minimum atomic E-state index is -0.0782. The Labute approximate surface area is 158 Å². The molecule has 1 aromatic carbocycles. The molecule has 1 aliphatic heterocycles. The third-order valence-corrected chi connectivity index (χ3v) is 5.48. The number of nitrogens with one attached hydrogen (secondary N) is 1. The van der Waals surface area contributed by atoms with Gasteiger partial charge in [0.15, 0.2) is 5.13 Å². The highest BCUT2D eigenvalue weighted by Gasteiger charge is 2.22. The first kappa shape index (κ1) is 18.6. The van der Waals surface area contributed by atoms with Gasteiger partial charge in [0.25, 0.3) is 0 Å². The molecule has 5 nitrogen and oxygen atoms in total. The van der Waals surface area contributed by atoms with E-state index < -0.39 is 0 Å². The Hall–Kier alpha value is -2.18. The molecule has 2 aromatic rings. The Morgan fingerprint density at radius 2 is 2.19 bits per heavy atom. The second-order valence-electron chi connectivity index (χ2n) is 6.66. The summed E-state index contributed by atoms with van der Waals surface area (Å²) in [5.74, 6) is 0.809. The number of anilines is 1. The van der Waals surface area contributed by atoms with Crippen LogP contribution in [-0.2, 0) is 11.3 Å². The zero-order chi connectivity index (χ0) is 18.5. The lowest BCUT2D eigenvalue weighted by Crippen LogP contribution is -2.37. The van der Waals surface area contributed by atoms with Crippen LogP contribution < -0.4 is 10.1 Å². The van der Waals surface area contributed by atoms with E-state index in [1.165, 1.54) is 22.9 Å². The van der Waals surface area contributed by atoms with E-state index in [1.807, 2.05) is 18.3 Å². The van der Waals surface area contributed by atoms with E-state index in [4.69, 9.17) is 4.74 Å². The van der Waals surface area contributed by atoms with Gasteiger partial charge in [0, 0.05) is 37.1 Å². The standard InChI is InChI=1S/C20H25N3O2S/c1-14-10-17(11-16-4-6-18(25-3)7-5-16)8-9-23(14)13-19-12-21-20(26-19)22-15(2)24/h4-7,11-12,14H,8-10,13H2,1-3H3,(H,21,22,24)/b17-11+/t14-/m0/s1. The molecule has 1 N–H and O–H groups in total. The quantitative estimate of drug-likeness (QED) is 0.857. The van der Waals surface area contributed by atoms with Gasteiger partial charge in [-0.2, -0.15) is 0 Å². The number of aromatic nitrogens is 1. The molecule has 0 aliphatic carbocycles. The SMILES string of the molecule is COc1ccc(/C=C2\CCN(Cc3cnc(NC(C)=O)s3)[C@@H](C)C2)cc1. The Morgan fingerprint density at radius 1 is 1.42 bits per heavy atom. The van der Waals surface area contributed by atoms with Crippen molar-refractivity contribution in [3.8, 4) is 5.75 Å². The molecule has 0 saturated carbocycles. The molecule has 0 spiro atoms. The van der Waals surface area contributed by atoms with Crippen molar-refractivity contribution in [1.82, 2.24) is 9.88 Å². The number of likely N-dealkylation sites (tertiary alicyclic amines) is 1. The number of ether oxygens (including phenoxy) is 1. The molecule has 1 aromatic heterocycles. The molecule has 1 fully saturated rings. The maximum absolute atomic E-state index is 11.1. The molecule has 2 heterocycles. The first-order chi connectivity index (χ1) is 12.5. The first-order valence-corrected chi connectivity index (χ1v) is 9.65. The Kier molecular flexibility index (Phi) is 6.06. The second kappa shape index (κ2) is 8.47.